The number of aromatic nitrogens is 1. The van der Waals surface area contributed by atoms with E-state index in [0.717, 1.165) is 12.0 Å². The first-order chi connectivity index (χ1) is 21.7. The minimum Gasteiger partial charge on any atom is -0.458 e. The van der Waals surface area contributed by atoms with Crippen LogP contribution in [0.4, 0.5) is 0 Å². The number of allylic oxidation sites excluding steroid dienone is 3. The van der Waals surface area contributed by atoms with E-state index in [2.05, 4.69) is 24.9 Å². The number of ether oxygens (including phenoxy) is 4. The van der Waals surface area contributed by atoms with Gasteiger partial charge in [-0.1, -0.05) is 52.0 Å². The van der Waals surface area contributed by atoms with Crippen LogP contribution in [0, 0.1) is 17.8 Å². The second-order valence-electron chi connectivity index (χ2n) is 13.0. The first-order valence-corrected chi connectivity index (χ1v) is 16.3. The fraction of sp³-hybridized carbons (Fsp3) is 0.611. The molecule has 0 bridgehead atoms. The number of carbonyl (C=O) groups excluding carboxylic acids is 3. The molecule has 0 radical (unpaired) electrons. The number of nitrogens with zero attached hydrogens (tertiary/aromatic N) is 1. The van der Waals surface area contributed by atoms with E-state index in [-0.39, 0.29) is 61.3 Å². The number of carbonyl (C=O) groups is 3. The van der Waals surface area contributed by atoms with Crippen molar-refractivity contribution in [2.45, 2.75) is 123 Å². The van der Waals surface area contributed by atoms with E-state index in [0.29, 0.717) is 12.0 Å². The molecule has 3 heterocycles. The minimum absolute atomic E-state index is 0.00924. The van der Waals surface area contributed by atoms with Crippen molar-refractivity contribution in [3.05, 3.63) is 66.0 Å². The molecule has 0 spiro atoms. The van der Waals surface area contributed by atoms with Crippen molar-refractivity contribution in [1.29, 1.82) is 0 Å². The van der Waals surface area contributed by atoms with Crippen molar-refractivity contribution >= 4 is 17.9 Å². The van der Waals surface area contributed by atoms with Gasteiger partial charge in [-0.05, 0) is 69.2 Å². The molecule has 10 unspecified atom stereocenters. The van der Waals surface area contributed by atoms with E-state index in [1.807, 2.05) is 32.9 Å². The van der Waals surface area contributed by atoms with E-state index >= 15 is 0 Å². The number of aliphatic hydroxyl groups excluding tert-OH is 1. The summed E-state index contributed by atoms with van der Waals surface area (Å²) in [5.74, 6) is -1.50. The average Bonchev–Trinajstić information content (AvgIpc) is 3.77. The van der Waals surface area contributed by atoms with E-state index in [9.17, 15) is 24.6 Å². The van der Waals surface area contributed by atoms with Gasteiger partial charge >= 0.3 is 17.9 Å². The molecule has 2 N–H and O–H groups in total. The van der Waals surface area contributed by atoms with Crippen molar-refractivity contribution in [2.24, 2.45) is 17.8 Å². The van der Waals surface area contributed by atoms with Crippen molar-refractivity contribution in [1.82, 2.24) is 4.98 Å². The molecule has 1 aromatic rings. The highest BCUT2D eigenvalue weighted by Gasteiger charge is 2.46. The fourth-order valence-electron chi connectivity index (χ4n) is 5.84. The summed E-state index contributed by atoms with van der Waals surface area (Å²) in [5.41, 5.74) is -0.196. The Morgan fingerprint density at radius 3 is 2.63 bits per heavy atom. The quantitative estimate of drug-likeness (QED) is 0.108. The summed E-state index contributed by atoms with van der Waals surface area (Å²) in [4.78, 5) is 41.0. The minimum atomic E-state index is -1.42. The normalized spacial score (nSPS) is 31.2. The lowest BCUT2D eigenvalue weighted by molar-refractivity contribution is -0.157. The van der Waals surface area contributed by atoms with Gasteiger partial charge in [0.2, 0.25) is 0 Å². The first kappa shape index (κ1) is 37.1. The molecule has 1 saturated heterocycles. The molecular formula is C36H51NO9. The Balaban J connectivity index is 1.62. The Hall–Kier alpha value is -3.34. The molecule has 0 saturated carbocycles. The average molecular weight is 642 g/mol. The van der Waals surface area contributed by atoms with Crippen LogP contribution in [0.25, 0.3) is 0 Å². The van der Waals surface area contributed by atoms with Crippen LogP contribution in [-0.4, -0.2) is 75.3 Å². The van der Waals surface area contributed by atoms with E-state index in [1.54, 1.807) is 37.4 Å². The lowest BCUT2D eigenvalue weighted by Crippen LogP contribution is -2.42. The van der Waals surface area contributed by atoms with Crippen LogP contribution < -0.4 is 0 Å². The zero-order valence-corrected chi connectivity index (χ0v) is 28.1. The van der Waals surface area contributed by atoms with Gasteiger partial charge in [-0.3, -0.25) is 14.6 Å². The molecule has 10 nitrogen and oxygen atoms in total. The zero-order valence-electron chi connectivity index (χ0n) is 28.1. The predicted molar refractivity (Wildman–Crippen MR) is 172 cm³/mol. The molecule has 0 aromatic carbocycles. The van der Waals surface area contributed by atoms with Gasteiger partial charge in [-0.25, -0.2) is 4.79 Å². The fourth-order valence-corrected chi connectivity index (χ4v) is 5.84. The molecular weight excluding hydrogens is 590 g/mol. The van der Waals surface area contributed by atoms with Crippen LogP contribution in [-0.2, 0) is 28.5 Å². The maximum atomic E-state index is 12.7. The molecule has 1 aromatic heterocycles. The molecule has 3 rings (SSSR count). The van der Waals surface area contributed by atoms with Gasteiger partial charge in [-0.15, -0.1) is 0 Å². The third-order valence-electron chi connectivity index (χ3n) is 8.75. The van der Waals surface area contributed by atoms with Crippen molar-refractivity contribution in [3.63, 3.8) is 0 Å². The van der Waals surface area contributed by atoms with Crippen LogP contribution in [0.2, 0.25) is 0 Å². The number of rotatable bonds is 11. The lowest BCUT2D eigenvalue weighted by Gasteiger charge is -2.32. The van der Waals surface area contributed by atoms with Crippen LogP contribution in [0.5, 0.6) is 0 Å². The highest BCUT2D eigenvalue weighted by Crippen LogP contribution is 2.37. The van der Waals surface area contributed by atoms with Crippen molar-refractivity contribution in [3.8, 4) is 0 Å². The molecule has 10 atom stereocenters. The number of esters is 3. The first-order valence-electron chi connectivity index (χ1n) is 16.3. The van der Waals surface area contributed by atoms with E-state index in [4.69, 9.17) is 18.9 Å². The van der Waals surface area contributed by atoms with Gasteiger partial charge in [0.15, 0.2) is 0 Å². The Morgan fingerprint density at radius 2 is 1.98 bits per heavy atom. The molecule has 254 valence electrons. The number of hydrogen-bond donors (Lipinski definition) is 2. The van der Waals surface area contributed by atoms with Crippen molar-refractivity contribution < 1.29 is 43.5 Å². The second kappa shape index (κ2) is 17.0. The molecule has 46 heavy (non-hydrogen) atoms. The molecule has 1 fully saturated rings. The Labute approximate surface area is 272 Å². The number of hydrogen-bond acceptors (Lipinski definition) is 10. The third kappa shape index (κ3) is 11.2. The third-order valence-corrected chi connectivity index (χ3v) is 8.75. The van der Waals surface area contributed by atoms with Crippen LogP contribution >= 0.6 is 0 Å². The Morgan fingerprint density at radius 1 is 1.24 bits per heavy atom. The summed E-state index contributed by atoms with van der Waals surface area (Å²) >= 11 is 0. The summed E-state index contributed by atoms with van der Waals surface area (Å²) in [6.45, 7) is 12.7. The zero-order chi connectivity index (χ0) is 34.0. The Bertz CT molecular complexity index is 1260. The summed E-state index contributed by atoms with van der Waals surface area (Å²) in [6, 6.07) is 3.40. The largest absolute Gasteiger partial charge is 0.458 e. The number of pyridine rings is 1. The summed E-state index contributed by atoms with van der Waals surface area (Å²) in [6.07, 6.45) is 11.3. The topological polar surface area (TPSA) is 145 Å². The maximum absolute atomic E-state index is 12.7. The van der Waals surface area contributed by atoms with Gasteiger partial charge < -0.3 is 29.2 Å². The second-order valence-corrected chi connectivity index (χ2v) is 13.0. The lowest BCUT2D eigenvalue weighted by atomic mass is 9.88. The van der Waals surface area contributed by atoms with Crippen LogP contribution in [0.15, 0.2) is 60.5 Å². The monoisotopic (exact) mass is 641 g/mol. The molecule has 10 heteroatoms. The van der Waals surface area contributed by atoms with Gasteiger partial charge in [0.25, 0.3) is 0 Å². The SMILES string of the molecule is CCC(OC(=O)c1cccnc1)C(C)C1OC1CC(C)C=CC=C(C)C1OC(=O)CC(O)CCC(C)(O)C(OC(C)=O)C=CC1C. The van der Waals surface area contributed by atoms with Crippen molar-refractivity contribution in [2.75, 3.05) is 0 Å². The van der Waals surface area contributed by atoms with Crippen LogP contribution in [0.1, 0.15) is 90.9 Å². The molecule has 0 amide bonds. The van der Waals surface area contributed by atoms with E-state index in [1.165, 1.54) is 13.1 Å². The van der Waals surface area contributed by atoms with Gasteiger partial charge in [-0.2, -0.15) is 0 Å². The molecule has 2 aliphatic heterocycles. The highest BCUT2D eigenvalue weighted by molar-refractivity contribution is 5.89. The maximum Gasteiger partial charge on any atom is 0.339 e. The van der Waals surface area contributed by atoms with Crippen LogP contribution in [0.3, 0.4) is 0 Å². The standard InChI is InChI=1S/C36H51NO9/c1-8-29(45-35(41)27-13-10-18-37-21-27)25(5)34-30(44-34)19-22(2)11-9-12-23(3)33-24(4)14-15-31(43-26(6)38)36(7,42)17-16-28(39)20-32(40)46-33/h9-15,18,21-22,24-25,28-31,33-34,39,42H,8,16-17,19-20H2,1-7H3. The summed E-state index contributed by atoms with van der Waals surface area (Å²) in [7, 11) is 0. The summed E-state index contributed by atoms with van der Waals surface area (Å²) < 4.78 is 23.0. The number of epoxide rings is 1. The molecule has 0 aliphatic carbocycles. The van der Waals surface area contributed by atoms with E-state index < -0.39 is 35.9 Å². The van der Waals surface area contributed by atoms with Gasteiger partial charge in [0.1, 0.15) is 23.9 Å². The highest BCUT2D eigenvalue weighted by atomic mass is 16.6. The number of aliphatic hydroxyl groups is 2. The van der Waals surface area contributed by atoms with Gasteiger partial charge in [0.05, 0.1) is 30.3 Å². The smallest absolute Gasteiger partial charge is 0.339 e. The predicted octanol–water partition coefficient (Wildman–Crippen LogP) is 5.28. The summed E-state index contributed by atoms with van der Waals surface area (Å²) in [5, 5.41) is 21.4. The molecule has 2 aliphatic rings. The number of cyclic esters (lactones) is 1. The van der Waals surface area contributed by atoms with Gasteiger partial charge in [0, 0.05) is 31.2 Å². The Kier molecular flexibility index (Phi) is 13.7.